The van der Waals surface area contributed by atoms with Crippen molar-refractivity contribution in [2.75, 3.05) is 68.8 Å². The highest BCUT2D eigenvalue weighted by Gasteiger charge is 2.46. The third-order valence-electron chi connectivity index (χ3n) is 12.4. The van der Waals surface area contributed by atoms with Crippen LogP contribution in [0.25, 0.3) is 45.1 Å². The van der Waals surface area contributed by atoms with Crippen LogP contribution in [-0.2, 0) is 71.1 Å². The number of thiocarbonyl (C=S) groups is 1. The molecule has 0 radical (unpaired) electrons. The molecule has 468 valence electrons. The lowest BCUT2D eigenvalue weighted by molar-refractivity contribution is -0.246. The third kappa shape index (κ3) is 20.6. The number of anilines is 3. The van der Waals surface area contributed by atoms with Gasteiger partial charge in [-0.3, -0.25) is 47.0 Å². The van der Waals surface area contributed by atoms with Gasteiger partial charge in [0.15, 0.2) is 23.2 Å². The molecule has 1 aromatic carbocycles. The van der Waals surface area contributed by atoms with Crippen LogP contribution in [0, 0.1) is 0 Å². The number of imidazole rings is 1. The van der Waals surface area contributed by atoms with Gasteiger partial charge in [0.2, 0.25) is 5.95 Å². The average molecular weight is 1310 g/mol. The molecule has 1 saturated heterocycles. The molecular formula is C49H57N13O20P3S2-3. The largest absolute Gasteiger partial charge is 0.780 e. The van der Waals surface area contributed by atoms with E-state index >= 15 is 0 Å². The lowest BCUT2D eigenvalue weighted by Gasteiger charge is -2.34. The molecule has 6 aromatic rings. The number of phosphoric acid groups is 2. The minimum Gasteiger partial charge on any atom is -0.780 e. The van der Waals surface area contributed by atoms with Crippen molar-refractivity contribution < 1.29 is 96.4 Å². The second-order valence-electron chi connectivity index (χ2n) is 19.3. The summed E-state index contributed by atoms with van der Waals surface area (Å²) in [5.74, 6) is -4.81. The molecule has 87 heavy (non-hydrogen) atoms. The number of aliphatic hydroxyl groups excluding tert-OH is 2. The molecule has 33 nitrogen and oxygen atoms in total. The summed E-state index contributed by atoms with van der Waals surface area (Å²) < 4.78 is 42.9. The molecule has 1 aliphatic rings. The molecule has 7 atom stereocenters. The number of carboxylic acids is 4. The van der Waals surface area contributed by atoms with Crippen LogP contribution in [0.1, 0.15) is 43.3 Å². The van der Waals surface area contributed by atoms with Gasteiger partial charge in [-0.05, 0) is 79.0 Å². The predicted molar refractivity (Wildman–Crippen MR) is 309 cm³/mol. The lowest BCUT2D eigenvalue weighted by Crippen LogP contribution is -2.34. The lowest BCUT2D eigenvalue weighted by atomic mass is 10.0. The van der Waals surface area contributed by atoms with Crippen molar-refractivity contribution in [3.63, 3.8) is 0 Å². The number of rotatable bonds is 34. The normalized spacial score (nSPS) is 18.0. The highest BCUT2D eigenvalue weighted by atomic mass is 32.5. The van der Waals surface area contributed by atoms with Gasteiger partial charge in [0.05, 0.1) is 71.9 Å². The molecule has 12 N–H and O–H groups in total. The van der Waals surface area contributed by atoms with Crippen LogP contribution in [0.2, 0.25) is 0 Å². The molecule has 7 rings (SSSR count). The molecule has 0 spiro atoms. The standard InChI is InChI=1S/C49H60N13O20P3S2/c50-46-43-47(54-27-53-46)62(48-45(72)44(71)37(80-48)26-79-83(73,74)81-84(75,76)82-85(77,78)87)49(59-43)52-16-4-2-1-3-15-51-19-38(86)57-30-13-11-28(12-14-30)29-17-35(33-9-5-7-31(55-33)20-60(22-39(63)64)23-40(65)66)58-36(18-29)34-10-6-8-32(56-34)21-61(24-41(67)68)25-42(69)70/h5-14,17-18,27,37,44-45,48,51,71-72H,1-4,15-16,19-26H2,(H,52,59)(H,57,86)(H,63,64)(H,65,66)(H,67,68)(H,69,70)(H,73,74)(H,75,76)(H2,50,53,54)(H2,77,78,87)/p-3/t37-,44?,45?,48-/m1/s1. The van der Waals surface area contributed by atoms with E-state index in [1.54, 1.807) is 48.5 Å². The third-order valence-corrected chi connectivity index (χ3v) is 17.0. The molecule has 1 aliphatic heterocycles. The van der Waals surface area contributed by atoms with Crippen LogP contribution in [-0.4, -0.2) is 179 Å². The molecule has 1 fully saturated rings. The zero-order valence-corrected chi connectivity index (χ0v) is 49.7. The van der Waals surface area contributed by atoms with E-state index in [4.69, 9.17) is 42.5 Å². The van der Waals surface area contributed by atoms with E-state index in [2.05, 4.69) is 55.9 Å². The number of aliphatic hydroxyl groups is 2. The number of fused-ring (bicyclic) bond motifs is 1. The van der Waals surface area contributed by atoms with Gasteiger partial charge < -0.3 is 81.2 Å². The second kappa shape index (κ2) is 30.4. The first-order valence-corrected chi connectivity index (χ1v) is 31.9. The number of unbranched alkanes of at least 4 members (excludes halogenated alkanes) is 3. The average Bonchev–Trinajstić information content (AvgIpc) is 1.76. The van der Waals surface area contributed by atoms with Crippen LogP contribution >= 0.6 is 34.6 Å². The van der Waals surface area contributed by atoms with Gasteiger partial charge in [0.25, 0.3) is 15.6 Å². The number of nitrogens with two attached hydrogens (primary N) is 1. The highest BCUT2D eigenvalue weighted by molar-refractivity contribution is 8.07. The monoisotopic (exact) mass is 1300 g/mol. The minimum atomic E-state index is -6.00. The Balaban J connectivity index is 0.933. The van der Waals surface area contributed by atoms with E-state index in [1.165, 1.54) is 14.4 Å². The number of aromatic nitrogens is 7. The first-order valence-electron chi connectivity index (χ1n) is 26.0. The summed E-state index contributed by atoms with van der Waals surface area (Å²) in [4.78, 5) is 120. The summed E-state index contributed by atoms with van der Waals surface area (Å²) in [5, 5.41) is 69.1. The molecular weight excluding hydrogens is 1250 g/mol. The number of carbonyl (C=O) groups is 4. The van der Waals surface area contributed by atoms with Crippen LogP contribution in [0.4, 0.5) is 17.5 Å². The second-order valence-corrected chi connectivity index (χ2v) is 25.4. The number of nitrogen functional groups attached to an aromatic ring is 1. The first kappa shape index (κ1) is 67.7. The number of nitrogens with one attached hydrogen (secondary N) is 3. The summed E-state index contributed by atoms with van der Waals surface area (Å²) in [5.41, 5.74) is 10.6. The van der Waals surface area contributed by atoms with E-state index in [0.29, 0.717) is 76.5 Å². The minimum absolute atomic E-state index is 0.0342. The van der Waals surface area contributed by atoms with Crippen molar-refractivity contribution in [1.29, 1.82) is 0 Å². The van der Waals surface area contributed by atoms with Crippen LogP contribution in [0.3, 0.4) is 0 Å². The fraction of sp³-hybridized carbons (Fsp3) is 0.367. The SMILES string of the molecule is Nc1ncnc2c1nc(NCCCCCCNCC(=S)Nc1ccc(-c3cc(-c4cccc(CN(CC(=O)O)CC(=O)O)n4)nc(-c4cccc(CN(CC(=O)O)CC(=O)O)n4)c3)cc1)n2[C@@H]1O[C@H](COP(=O)([O-])OP(=O)([O-])OP([O-])(O)=S)C(O)C1O. The van der Waals surface area contributed by atoms with Crippen molar-refractivity contribution in [2.24, 2.45) is 0 Å². The highest BCUT2D eigenvalue weighted by Crippen LogP contribution is 2.61. The number of phosphoric ester groups is 1. The number of carboxylic acid groups (broad SMARTS) is 4. The van der Waals surface area contributed by atoms with Gasteiger partial charge in [-0.1, -0.05) is 61.1 Å². The number of nitrogens with zero attached hydrogens (tertiary/aromatic N) is 9. The van der Waals surface area contributed by atoms with Crippen LogP contribution < -0.4 is 36.4 Å². The van der Waals surface area contributed by atoms with Crippen molar-refractivity contribution in [3.8, 4) is 33.9 Å². The number of hydrogen-bond donors (Lipinski definition) is 11. The van der Waals surface area contributed by atoms with Crippen molar-refractivity contribution in [2.45, 2.75) is 63.3 Å². The Kier molecular flexibility index (Phi) is 23.6. The van der Waals surface area contributed by atoms with Gasteiger partial charge in [-0.25, -0.2) is 34.2 Å². The molecule has 0 bridgehead atoms. The van der Waals surface area contributed by atoms with E-state index < -0.39 is 104 Å². The van der Waals surface area contributed by atoms with Gasteiger partial charge in [-0.2, -0.15) is 0 Å². The maximum atomic E-state index is 12.2. The van der Waals surface area contributed by atoms with Crippen LogP contribution in [0.15, 0.2) is 79.1 Å². The van der Waals surface area contributed by atoms with Crippen molar-refractivity contribution in [1.82, 2.24) is 49.6 Å². The zero-order chi connectivity index (χ0) is 63.2. The van der Waals surface area contributed by atoms with Crippen molar-refractivity contribution in [3.05, 3.63) is 90.5 Å². The Labute approximate surface area is 504 Å². The molecule has 6 heterocycles. The topological polar surface area (TPSA) is 501 Å². The number of ether oxygens (including phenoxy) is 1. The molecule has 5 unspecified atom stereocenters. The maximum Gasteiger partial charge on any atom is 0.317 e. The Morgan fingerprint density at radius 2 is 1.25 bits per heavy atom. The first-order chi connectivity index (χ1) is 41.1. The summed E-state index contributed by atoms with van der Waals surface area (Å²) in [6.07, 6.45) is -2.61. The molecule has 0 amide bonds. The van der Waals surface area contributed by atoms with E-state index in [0.717, 1.165) is 31.2 Å². The van der Waals surface area contributed by atoms with Gasteiger partial charge in [-0.15, -0.1) is 0 Å². The number of aliphatic carboxylic acids is 4. The summed E-state index contributed by atoms with van der Waals surface area (Å²) in [7, 11) is -11.8. The Bertz CT molecular complexity index is 3480. The van der Waals surface area contributed by atoms with Crippen LogP contribution in [0.5, 0.6) is 0 Å². The molecule has 0 aliphatic carbocycles. The Morgan fingerprint density at radius 3 is 1.79 bits per heavy atom. The summed E-state index contributed by atoms with van der Waals surface area (Å²) in [6, 6.07) is 21.0. The quantitative estimate of drug-likeness (QED) is 0.0151. The van der Waals surface area contributed by atoms with Gasteiger partial charge in [0.1, 0.15) is 31.4 Å². The Morgan fingerprint density at radius 1 is 0.701 bits per heavy atom. The smallest absolute Gasteiger partial charge is 0.317 e. The fourth-order valence-electron chi connectivity index (χ4n) is 8.85. The molecule has 38 heteroatoms. The van der Waals surface area contributed by atoms with Gasteiger partial charge in [0, 0.05) is 31.9 Å². The summed E-state index contributed by atoms with van der Waals surface area (Å²) >= 11 is 9.54. The molecule has 5 aromatic heterocycles. The van der Waals surface area contributed by atoms with Crippen molar-refractivity contribution >= 4 is 104 Å². The number of benzene rings is 1. The van der Waals surface area contributed by atoms with E-state index in [-0.39, 0.29) is 36.0 Å². The summed E-state index contributed by atoms with van der Waals surface area (Å²) in [6.45, 7) is -7.30. The van der Waals surface area contributed by atoms with E-state index in [9.17, 15) is 73.6 Å². The number of hydrogen-bond acceptors (Lipinski definition) is 28. The fourth-order valence-corrected chi connectivity index (χ4v) is 12.7. The van der Waals surface area contributed by atoms with E-state index in [1.807, 2.05) is 24.3 Å². The molecule has 0 saturated carbocycles. The zero-order valence-electron chi connectivity index (χ0n) is 45.4. The maximum absolute atomic E-state index is 12.2. The van der Waals surface area contributed by atoms with Gasteiger partial charge >= 0.3 is 23.9 Å². The predicted octanol–water partition coefficient (Wildman–Crippen LogP) is 0.721. The number of pyridine rings is 3. The Hall–Kier alpha value is -6.82.